The Bertz CT molecular complexity index is 218. The van der Waals surface area contributed by atoms with Crippen molar-refractivity contribution in [3.63, 3.8) is 0 Å². The van der Waals surface area contributed by atoms with Gasteiger partial charge < -0.3 is 5.32 Å². The Morgan fingerprint density at radius 1 is 1.21 bits per heavy atom. The van der Waals surface area contributed by atoms with E-state index in [1.165, 1.54) is 19.4 Å². The Hall–Kier alpha value is -0.0800. The van der Waals surface area contributed by atoms with Crippen LogP contribution in [0.2, 0.25) is 0 Å². The zero-order valence-electron chi connectivity index (χ0n) is 10.1. The summed E-state index contributed by atoms with van der Waals surface area (Å²) in [6, 6.07) is 0.750. The molecule has 2 heteroatoms. The second-order valence-corrected chi connectivity index (χ2v) is 6.01. The summed E-state index contributed by atoms with van der Waals surface area (Å²) in [5, 5.41) is 3.49. The lowest BCUT2D eigenvalue weighted by molar-refractivity contribution is 0.0235. The Kier molecular flexibility index (Phi) is 2.39. The van der Waals surface area contributed by atoms with E-state index in [9.17, 15) is 0 Å². The van der Waals surface area contributed by atoms with Gasteiger partial charge in [-0.15, -0.1) is 0 Å². The maximum absolute atomic E-state index is 3.49. The lowest BCUT2D eigenvalue weighted by atomic mass is 9.91. The average Bonchev–Trinajstić information content (AvgIpc) is 2.83. The molecular weight excluding hydrogens is 172 g/mol. The third-order valence-corrected chi connectivity index (χ3v) is 4.38. The third-order valence-electron chi connectivity index (χ3n) is 4.38. The largest absolute Gasteiger partial charge is 0.314 e. The molecule has 0 spiro atoms. The lowest BCUT2D eigenvalue weighted by Gasteiger charge is -2.48. The number of hydrogen-bond acceptors (Lipinski definition) is 2. The predicted molar refractivity (Wildman–Crippen MR) is 60.5 cm³/mol. The van der Waals surface area contributed by atoms with Crippen LogP contribution < -0.4 is 5.32 Å². The maximum Gasteiger partial charge on any atom is 0.0281 e. The van der Waals surface area contributed by atoms with Crippen LogP contribution in [-0.2, 0) is 0 Å². The lowest BCUT2D eigenvalue weighted by Crippen LogP contribution is -2.62. The van der Waals surface area contributed by atoms with E-state index in [0.29, 0.717) is 11.0 Å². The Morgan fingerprint density at radius 2 is 1.86 bits per heavy atom. The highest BCUT2D eigenvalue weighted by Crippen LogP contribution is 2.50. The monoisotopic (exact) mass is 196 g/mol. The Labute approximate surface area is 88.1 Å². The molecule has 2 rings (SSSR count). The first-order chi connectivity index (χ1) is 6.46. The van der Waals surface area contributed by atoms with Crippen molar-refractivity contribution in [3.05, 3.63) is 0 Å². The zero-order valence-corrected chi connectivity index (χ0v) is 10.1. The standard InChI is InChI=1S/C12H24N2/c1-10(12(4)5-6-12)14-8-7-13-9-11(14,2)3/h10,13H,5-9H2,1-4H3. The zero-order chi connectivity index (χ0) is 10.4. The molecule has 0 amide bonds. The van der Waals surface area contributed by atoms with Crippen LogP contribution in [0.25, 0.3) is 0 Å². The van der Waals surface area contributed by atoms with Gasteiger partial charge in [-0.1, -0.05) is 6.92 Å². The predicted octanol–water partition coefficient (Wildman–Crippen LogP) is 1.86. The maximum atomic E-state index is 3.49. The fraction of sp³-hybridized carbons (Fsp3) is 1.00. The molecule has 0 aromatic heterocycles. The van der Waals surface area contributed by atoms with E-state index in [2.05, 4.69) is 37.9 Å². The van der Waals surface area contributed by atoms with Crippen molar-refractivity contribution in [2.24, 2.45) is 5.41 Å². The van der Waals surface area contributed by atoms with Gasteiger partial charge in [-0.25, -0.2) is 0 Å². The van der Waals surface area contributed by atoms with Gasteiger partial charge in [0.1, 0.15) is 0 Å². The van der Waals surface area contributed by atoms with E-state index < -0.39 is 0 Å². The van der Waals surface area contributed by atoms with Crippen LogP contribution in [-0.4, -0.2) is 36.1 Å². The molecule has 14 heavy (non-hydrogen) atoms. The summed E-state index contributed by atoms with van der Waals surface area (Å²) in [5.41, 5.74) is 0.956. The number of rotatable bonds is 2. The van der Waals surface area contributed by atoms with E-state index >= 15 is 0 Å². The van der Waals surface area contributed by atoms with Crippen LogP contribution >= 0.6 is 0 Å². The summed E-state index contributed by atoms with van der Waals surface area (Å²) in [5.74, 6) is 0. The fourth-order valence-electron chi connectivity index (χ4n) is 2.71. The quantitative estimate of drug-likeness (QED) is 0.725. The highest BCUT2D eigenvalue weighted by Gasteiger charge is 2.48. The van der Waals surface area contributed by atoms with Crippen LogP contribution in [0.15, 0.2) is 0 Å². The molecular formula is C12H24N2. The number of nitrogens with one attached hydrogen (secondary N) is 1. The van der Waals surface area contributed by atoms with Crippen LogP contribution in [0.4, 0.5) is 0 Å². The molecule has 0 bridgehead atoms. The van der Waals surface area contributed by atoms with E-state index in [1.54, 1.807) is 0 Å². The summed E-state index contributed by atoms with van der Waals surface area (Å²) in [7, 11) is 0. The number of hydrogen-bond donors (Lipinski definition) is 1. The molecule has 1 N–H and O–H groups in total. The van der Waals surface area contributed by atoms with Crippen LogP contribution in [0.3, 0.4) is 0 Å². The first-order valence-electron chi connectivity index (χ1n) is 5.93. The topological polar surface area (TPSA) is 15.3 Å². The van der Waals surface area contributed by atoms with Gasteiger partial charge in [0.2, 0.25) is 0 Å². The van der Waals surface area contributed by atoms with Crippen molar-refractivity contribution in [1.82, 2.24) is 10.2 Å². The summed E-state index contributed by atoms with van der Waals surface area (Å²) in [6.45, 7) is 13.1. The van der Waals surface area contributed by atoms with Gasteiger partial charge in [-0.3, -0.25) is 4.90 Å². The van der Waals surface area contributed by atoms with Gasteiger partial charge in [0.05, 0.1) is 0 Å². The Balaban J connectivity index is 2.07. The van der Waals surface area contributed by atoms with Gasteiger partial charge in [-0.05, 0) is 39.0 Å². The minimum absolute atomic E-state index is 0.337. The minimum Gasteiger partial charge on any atom is -0.314 e. The molecule has 0 aromatic rings. The Morgan fingerprint density at radius 3 is 2.36 bits per heavy atom. The van der Waals surface area contributed by atoms with Crippen molar-refractivity contribution in [1.29, 1.82) is 0 Å². The smallest absolute Gasteiger partial charge is 0.0281 e. The van der Waals surface area contributed by atoms with Crippen LogP contribution in [0.1, 0.15) is 40.5 Å². The van der Waals surface area contributed by atoms with E-state index in [4.69, 9.17) is 0 Å². The second kappa shape index (κ2) is 3.21. The fourth-order valence-corrected chi connectivity index (χ4v) is 2.71. The van der Waals surface area contributed by atoms with Gasteiger partial charge in [-0.2, -0.15) is 0 Å². The molecule has 1 heterocycles. The second-order valence-electron chi connectivity index (χ2n) is 6.01. The highest BCUT2D eigenvalue weighted by molar-refractivity contribution is 5.02. The van der Waals surface area contributed by atoms with E-state index in [1.807, 2.05) is 0 Å². The molecule has 82 valence electrons. The van der Waals surface area contributed by atoms with Crippen LogP contribution in [0, 0.1) is 5.41 Å². The molecule has 1 aliphatic heterocycles. The number of piperazine rings is 1. The molecule has 1 saturated carbocycles. The summed E-state index contributed by atoms with van der Waals surface area (Å²) in [4.78, 5) is 2.70. The van der Waals surface area contributed by atoms with Gasteiger partial charge in [0.15, 0.2) is 0 Å². The third kappa shape index (κ3) is 1.70. The molecule has 0 radical (unpaired) electrons. The van der Waals surface area contributed by atoms with Crippen molar-refractivity contribution in [3.8, 4) is 0 Å². The van der Waals surface area contributed by atoms with Gasteiger partial charge >= 0.3 is 0 Å². The van der Waals surface area contributed by atoms with Crippen LogP contribution in [0.5, 0.6) is 0 Å². The van der Waals surface area contributed by atoms with Gasteiger partial charge in [0.25, 0.3) is 0 Å². The molecule has 1 unspecified atom stereocenters. The summed E-state index contributed by atoms with van der Waals surface area (Å²) in [6.07, 6.45) is 2.85. The molecule has 2 fully saturated rings. The average molecular weight is 196 g/mol. The summed E-state index contributed by atoms with van der Waals surface area (Å²) < 4.78 is 0. The first kappa shape index (κ1) is 10.4. The molecule has 0 aromatic carbocycles. The van der Waals surface area contributed by atoms with Crippen molar-refractivity contribution in [2.75, 3.05) is 19.6 Å². The molecule has 2 nitrogen and oxygen atoms in total. The van der Waals surface area contributed by atoms with Crippen molar-refractivity contribution in [2.45, 2.75) is 52.1 Å². The summed E-state index contributed by atoms with van der Waals surface area (Å²) >= 11 is 0. The van der Waals surface area contributed by atoms with Crippen molar-refractivity contribution < 1.29 is 0 Å². The highest BCUT2D eigenvalue weighted by atomic mass is 15.3. The van der Waals surface area contributed by atoms with E-state index in [-0.39, 0.29) is 0 Å². The van der Waals surface area contributed by atoms with Gasteiger partial charge in [0, 0.05) is 31.2 Å². The first-order valence-corrected chi connectivity index (χ1v) is 5.93. The molecule has 1 saturated heterocycles. The van der Waals surface area contributed by atoms with Crippen molar-refractivity contribution >= 4 is 0 Å². The number of nitrogens with zero attached hydrogens (tertiary/aromatic N) is 1. The molecule has 1 atom stereocenters. The molecule has 1 aliphatic carbocycles. The van der Waals surface area contributed by atoms with E-state index in [0.717, 1.165) is 19.1 Å². The SMILES string of the molecule is CC(N1CCNCC1(C)C)C1(C)CC1. The molecule has 2 aliphatic rings. The minimum atomic E-state index is 0.337. The normalized spacial score (nSPS) is 32.6.